The first-order valence-electron chi connectivity index (χ1n) is 11.5. The zero-order valence-corrected chi connectivity index (χ0v) is 21.1. The Morgan fingerprint density at radius 2 is 2.08 bits per heavy atom. The average Bonchev–Trinajstić information content (AvgIpc) is 2.86. The molecular weight excluding hydrogens is 507 g/mol. The van der Waals surface area contributed by atoms with Crippen LogP contribution in [0.3, 0.4) is 0 Å². The number of hydrogen-bond donors (Lipinski definition) is 5. The van der Waals surface area contributed by atoms with Gasteiger partial charge in [-0.15, -0.1) is 0 Å². The number of aromatic hydroxyl groups is 1. The number of amides is 2. The average molecular weight is 535 g/mol. The van der Waals surface area contributed by atoms with Gasteiger partial charge in [0.15, 0.2) is 5.96 Å². The number of benzene rings is 1. The number of ether oxygens (including phenoxy) is 1. The molecule has 5 N–H and O–H groups in total. The molecule has 3 rings (SSSR count). The molecule has 0 spiro atoms. The highest BCUT2D eigenvalue weighted by Crippen LogP contribution is 2.33. The number of esters is 1. The summed E-state index contributed by atoms with van der Waals surface area (Å²) in [5, 5.41) is 21.7. The molecular formula is C24H28ClFN6O5. The first-order chi connectivity index (χ1) is 17.7. The minimum absolute atomic E-state index is 0.0295. The number of halogens is 2. The van der Waals surface area contributed by atoms with E-state index in [4.69, 9.17) is 16.3 Å². The Bertz CT molecular complexity index is 1190. The normalized spacial score (nSPS) is 15.6. The minimum Gasteiger partial charge on any atom is -0.507 e. The molecule has 2 amide bonds. The number of phenolic OH excluding ortho intramolecular Hbond substituents is 1. The summed E-state index contributed by atoms with van der Waals surface area (Å²) in [5.41, 5.74) is 1.34. The molecule has 1 aliphatic heterocycles. The van der Waals surface area contributed by atoms with Crippen molar-refractivity contribution in [2.45, 2.75) is 32.5 Å². The Kier molecular flexibility index (Phi) is 9.61. The number of aliphatic imine (C=N–C) groups is 1. The Labute approximate surface area is 217 Å². The van der Waals surface area contributed by atoms with Crippen LogP contribution in [-0.4, -0.2) is 66.2 Å². The van der Waals surface area contributed by atoms with Gasteiger partial charge in [0.2, 0.25) is 5.91 Å². The fourth-order valence-corrected chi connectivity index (χ4v) is 3.81. The largest absolute Gasteiger partial charge is 0.507 e. The molecule has 0 bridgehead atoms. The lowest BCUT2D eigenvalue weighted by Crippen LogP contribution is -2.41. The van der Waals surface area contributed by atoms with Crippen molar-refractivity contribution in [1.29, 1.82) is 0 Å². The zero-order chi connectivity index (χ0) is 26.9. The zero-order valence-electron chi connectivity index (χ0n) is 20.3. The summed E-state index contributed by atoms with van der Waals surface area (Å²) in [5.74, 6) is -1.51. The SMILES string of the molecule is CCOC(=O)C[C@@H](NC(=O)CNC(=O)c1cncc(NC2=NCC(F)CN2)c1)c1cc(Cl)cc(C)c1O. The lowest BCUT2D eigenvalue weighted by Gasteiger charge is -2.21. The lowest BCUT2D eigenvalue weighted by atomic mass is 10.00. The number of rotatable bonds is 9. The van der Waals surface area contributed by atoms with Crippen LogP contribution in [0.2, 0.25) is 5.02 Å². The van der Waals surface area contributed by atoms with Crippen LogP contribution in [0, 0.1) is 6.92 Å². The summed E-state index contributed by atoms with van der Waals surface area (Å²) in [4.78, 5) is 45.4. The Morgan fingerprint density at radius 3 is 2.78 bits per heavy atom. The molecule has 0 aliphatic carbocycles. The standard InChI is InChI=1S/C24H28ClFN6O5/c1-3-37-21(34)7-19(18-6-15(25)4-13(2)22(18)35)32-20(33)12-28-23(36)14-5-17(11-27-8-14)31-24-29-9-16(26)10-30-24/h4-6,8,11,16,19,35H,3,7,9-10,12H2,1-2H3,(H,28,36)(H,32,33)(H2,29,30,31)/t19-/m1/s1. The number of aryl methyl sites for hydroxylation is 1. The first-order valence-corrected chi connectivity index (χ1v) is 11.9. The van der Waals surface area contributed by atoms with Crippen molar-refractivity contribution in [3.8, 4) is 5.75 Å². The van der Waals surface area contributed by atoms with Crippen LogP contribution in [0.15, 0.2) is 35.6 Å². The van der Waals surface area contributed by atoms with Crippen molar-refractivity contribution < 1.29 is 28.6 Å². The van der Waals surface area contributed by atoms with Crippen molar-refractivity contribution >= 4 is 41.0 Å². The molecule has 11 nitrogen and oxygen atoms in total. The number of anilines is 1. The molecule has 1 aromatic heterocycles. The molecule has 13 heteroatoms. The number of carbonyl (C=O) groups excluding carboxylic acids is 3. The van der Waals surface area contributed by atoms with E-state index in [1.807, 2.05) is 0 Å². The Morgan fingerprint density at radius 1 is 1.30 bits per heavy atom. The van der Waals surface area contributed by atoms with E-state index in [0.29, 0.717) is 22.2 Å². The number of hydrogen-bond acceptors (Lipinski definition) is 9. The molecule has 0 saturated carbocycles. The van der Waals surface area contributed by atoms with Crippen molar-refractivity contribution in [2.75, 3.05) is 31.6 Å². The van der Waals surface area contributed by atoms with E-state index < -0.39 is 36.5 Å². The van der Waals surface area contributed by atoms with Crippen molar-refractivity contribution in [1.82, 2.24) is 20.9 Å². The monoisotopic (exact) mass is 534 g/mol. The highest BCUT2D eigenvalue weighted by molar-refractivity contribution is 6.30. The van der Waals surface area contributed by atoms with Gasteiger partial charge in [0, 0.05) is 16.8 Å². The number of aromatic nitrogens is 1. The number of nitrogens with zero attached hydrogens (tertiary/aromatic N) is 2. The predicted octanol–water partition coefficient (Wildman–Crippen LogP) is 2.00. The molecule has 1 aliphatic rings. The molecule has 37 heavy (non-hydrogen) atoms. The predicted molar refractivity (Wildman–Crippen MR) is 135 cm³/mol. The van der Waals surface area contributed by atoms with Crippen LogP contribution in [0.4, 0.5) is 10.1 Å². The van der Waals surface area contributed by atoms with Gasteiger partial charge >= 0.3 is 5.97 Å². The van der Waals surface area contributed by atoms with E-state index in [1.54, 1.807) is 19.9 Å². The Balaban J connectivity index is 1.64. The van der Waals surface area contributed by atoms with Crippen LogP contribution in [0.25, 0.3) is 0 Å². The molecule has 2 atom stereocenters. The molecule has 1 aromatic carbocycles. The van der Waals surface area contributed by atoms with Gasteiger partial charge in [-0.05, 0) is 37.6 Å². The Hall–Kier alpha value is -3.93. The lowest BCUT2D eigenvalue weighted by molar-refractivity contribution is -0.143. The van der Waals surface area contributed by atoms with Gasteiger partial charge in [0.05, 0.1) is 56.2 Å². The van der Waals surface area contributed by atoms with Crippen LogP contribution < -0.4 is 21.3 Å². The van der Waals surface area contributed by atoms with Gasteiger partial charge in [-0.3, -0.25) is 19.4 Å². The van der Waals surface area contributed by atoms with E-state index in [9.17, 15) is 23.9 Å². The highest BCUT2D eigenvalue weighted by atomic mass is 35.5. The van der Waals surface area contributed by atoms with Crippen LogP contribution in [0.5, 0.6) is 5.75 Å². The smallest absolute Gasteiger partial charge is 0.308 e. The molecule has 0 fully saturated rings. The number of phenols is 1. The summed E-state index contributed by atoms with van der Waals surface area (Å²) in [6.07, 6.45) is 1.48. The van der Waals surface area contributed by atoms with Gasteiger partial charge < -0.3 is 31.1 Å². The van der Waals surface area contributed by atoms with Crippen molar-refractivity contribution in [3.05, 3.63) is 52.3 Å². The molecule has 198 valence electrons. The van der Waals surface area contributed by atoms with Crippen LogP contribution in [0.1, 0.15) is 40.9 Å². The second-order valence-corrected chi connectivity index (χ2v) is 8.66. The summed E-state index contributed by atoms with van der Waals surface area (Å²) in [6.45, 7) is 3.18. The maximum absolute atomic E-state index is 13.2. The fourth-order valence-electron chi connectivity index (χ4n) is 3.53. The van der Waals surface area contributed by atoms with E-state index >= 15 is 0 Å². The maximum Gasteiger partial charge on any atom is 0.308 e. The summed E-state index contributed by atoms with van der Waals surface area (Å²) >= 11 is 6.12. The van der Waals surface area contributed by atoms with Crippen molar-refractivity contribution in [2.24, 2.45) is 4.99 Å². The molecule has 0 saturated heterocycles. The molecule has 0 radical (unpaired) electrons. The van der Waals surface area contributed by atoms with E-state index in [1.165, 1.54) is 24.5 Å². The maximum atomic E-state index is 13.2. The van der Waals surface area contributed by atoms with Crippen LogP contribution >= 0.6 is 11.6 Å². The van der Waals surface area contributed by atoms with Gasteiger partial charge in [-0.1, -0.05) is 11.6 Å². The molecule has 1 unspecified atom stereocenters. The summed E-state index contributed by atoms with van der Waals surface area (Å²) < 4.78 is 18.2. The van der Waals surface area contributed by atoms with E-state index in [2.05, 4.69) is 31.2 Å². The van der Waals surface area contributed by atoms with Gasteiger partial charge in [0.25, 0.3) is 5.91 Å². The number of nitrogens with one attached hydrogen (secondary N) is 4. The second kappa shape index (κ2) is 12.9. The van der Waals surface area contributed by atoms with Gasteiger partial charge in [0.1, 0.15) is 11.9 Å². The third kappa shape index (κ3) is 8.04. The van der Waals surface area contributed by atoms with E-state index in [0.717, 1.165) is 0 Å². The van der Waals surface area contributed by atoms with Gasteiger partial charge in [-0.2, -0.15) is 0 Å². The molecule has 2 aromatic rings. The van der Waals surface area contributed by atoms with Gasteiger partial charge in [-0.25, -0.2) is 9.38 Å². The first kappa shape index (κ1) is 27.7. The third-order valence-electron chi connectivity index (χ3n) is 5.29. The van der Waals surface area contributed by atoms with Crippen molar-refractivity contribution in [3.63, 3.8) is 0 Å². The highest BCUT2D eigenvalue weighted by Gasteiger charge is 2.24. The van der Waals surface area contributed by atoms with E-state index in [-0.39, 0.29) is 43.0 Å². The third-order valence-corrected chi connectivity index (χ3v) is 5.51. The fraction of sp³-hybridized carbons (Fsp3) is 0.375. The topological polar surface area (TPSA) is 154 Å². The summed E-state index contributed by atoms with van der Waals surface area (Å²) in [6, 6.07) is 3.57. The van der Waals surface area contributed by atoms with Crippen LogP contribution in [-0.2, 0) is 14.3 Å². The number of guanidine groups is 1. The number of pyridine rings is 1. The molecule has 2 heterocycles. The quantitative estimate of drug-likeness (QED) is 0.306. The minimum atomic E-state index is -1.06. The summed E-state index contributed by atoms with van der Waals surface area (Å²) in [7, 11) is 0. The number of carbonyl (C=O) groups is 3. The number of alkyl halides is 1. The second-order valence-electron chi connectivity index (χ2n) is 8.23.